The molecule has 4 heteroatoms. The molecule has 4 nitrogen and oxygen atoms in total. The smallest absolute Gasteiger partial charge is 0.143 e. The lowest BCUT2D eigenvalue weighted by Crippen LogP contribution is -2.00. The van der Waals surface area contributed by atoms with Crippen LogP contribution >= 0.6 is 0 Å². The van der Waals surface area contributed by atoms with Crippen molar-refractivity contribution in [1.29, 1.82) is 5.26 Å². The van der Waals surface area contributed by atoms with Crippen molar-refractivity contribution in [2.24, 2.45) is 0 Å². The number of nitrogens with one attached hydrogen (secondary N) is 1. The normalized spacial score (nSPS) is 9.74. The number of anilines is 3. The predicted octanol–water partition coefficient (Wildman–Crippen LogP) is 3.20. The van der Waals surface area contributed by atoms with Crippen molar-refractivity contribution in [2.75, 3.05) is 18.2 Å². The van der Waals surface area contributed by atoms with E-state index in [1.54, 1.807) is 19.2 Å². The Morgan fingerprint density at radius 2 is 2.05 bits per heavy atom. The summed E-state index contributed by atoms with van der Waals surface area (Å²) in [4.78, 5) is 0. The fourth-order valence-electron chi connectivity index (χ4n) is 1.83. The minimum atomic E-state index is 0.529. The SMILES string of the molecule is COc1cccc(C#N)c1Nc1cc(N)ccc1C. The molecule has 0 spiro atoms. The molecule has 0 fully saturated rings. The molecule has 0 atom stereocenters. The van der Waals surface area contributed by atoms with Crippen LogP contribution in [0.2, 0.25) is 0 Å². The van der Waals surface area contributed by atoms with Crippen molar-refractivity contribution in [3.8, 4) is 11.8 Å². The Labute approximate surface area is 112 Å². The van der Waals surface area contributed by atoms with Gasteiger partial charge in [-0.25, -0.2) is 0 Å². The molecule has 0 saturated heterocycles. The van der Waals surface area contributed by atoms with Crippen LogP contribution in [-0.4, -0.2) is 7.11 Å². The van der Waals surface area contributed by atoms with Crippen molar-refractivity contribution in [2.45, 2.75) is 6.92 Å². The second kappa shape index (κ2) is 5.32. The third-order valence-electron chi connectivity index (χ3n) is 2.89. The second-order valence-corrected chi connectivity index (χ2v) is 4.19. The molecule has 0 bridgehead atoms. The van der Waals surface area contributed by atoms with Crippen LogP contribution in [0.25, 0.3) is 0 Å². The molecule has 0 heterocycles. The summed E-state index contributed by atoms with van der Waals surface area (Å²) in [5.41, 5.74) is 9.54. The fraction of sp³-hybridized carbons (Fsp3) is 0.133. The number of ether oxygens (including phenoxy) is 1. The van der Waals surface area contributed by atoms with Crippen LogP contribution in [0.4, 0.5) is 17.1 Å². The Bertz CT molecular complexity index is 644. The molecule has 3 N–H and O–H groups in total. The molecule has 0 radical (unpaired) electrons. The van der Waals surface area contributed by atoms with Crippen molar-refractivity contribution in [3.63, 3.8) is 0 Å². The van der Waals surface area contributed by atoms with Gasteiger partial charge in [0.25, 0.3) is 0 Å². The van der Waals surface area contributed by atoms with Crippen molar-refractivity contribution >= 4 is 17.1 Å². The van der Waals surface area contributed by atoms with Gasteiger partial charge in [-0.1, -0.05) is 12.1 Å². The van der Waals surface area contributed by atoms with Gasteiger partial charge in [-0.15, -0.1) is 0 Å². The highest BCUT2D eigenvalue weighted by molar-refractivity contribution is 5.75. The minimum Gasteiger partial charge on any atom is -0.495 e. The standard InChI is InChI=1S/C15H15N3O/c1-10-6-7-12(17)8-13(10)18-15-11(9-16)4-3-5-14(15)19-2/h3-8,18H,17H2,1-2H3. The summed E-state index contributed by atoms with van der Waals surface area (Å²) < 4.78 is 5.29. The number of hydrogen-bond donors (Lipinski definition) is 2. The number of benzene rings is 2. The van der Waals surface area contributed by atoms with E-state index in [0.717, 1.165) is 11.3 Å². The Hall–Kier alpha value is -2.67. The van der Waals surface area contributed by atoms with Gasteiger partial charge in [0, 0.05) is 11.4 Å². The van der Waals surface area contributed by atoms with Crippen LogP contribution in [0.1, 0.15) is 11.1 Å². The lowest BCUT2D eigenvalue weighted by atomic mass is 10.1. The van der Waals surface area contributed by atoms with Gasteiger partial charge in [0.05, 0.1) is 18.4 Å². The highest BCUT2D eigenvalue weighted by Crippen LogP contribution is 2.32. The van der Waals surface area contributed by atoms with Crippen LogP contribution in [0.3, 0.4) is 0 Å². The van der Waals surface area contributed by atoms with Crippen molar-refractivity contribution in [1.82, 2.24) is 0 Å². The maximum absolute atomic E-state index is 9.17. The van der Waals surface area contributed by atoms with E-state index in [0.29, 0.717) is 22.7 Å². The number of para-hydroxylation sites is 1. The highest BCUT2D eigenvalue weighted by Gasteiger charge is 2.10. The van der Waals surface area contributed by atoms with Crippen LogP contribution in [-0.2, 0) is 0 Å². The fourth-order valence-corrected chi connectivity index (χ4v) is 1.83. The molecule has 0 unspecified atom stereocenters. The molecule has 19 heavy (non-hydrogen) atoms. The summed E-state index contributed by atoms with van der Waals surface area (Å²) >= 11 is 0. The number of nitrogens with zero attached hydrogens (tertiary/aromatic N) is 1. The molecular weight excluding hydrogens is 238 g/mol. The largest absolute Gasteiger partial charge is 0.495 e. The lowest BCUT2D eigenvalue weighted by molar-refractivity contribution is 0.416. The van der Waals surface area contributed by atoms with Gasteiger partial charge in [-0.2, -0.15) is 5.26 Å². The predicted molar refractivity (Wildman–Crippen MR) is 76.6 cm³/mol. The van der Waals surface area contributed by atoms with Gasteiger partial charge in [-0.05, 0) is 36.8 Å². The molecule has 0 aromatic heterocycles. The van der Waals surface area contributed by atoms with Crippen molar-refractivity contribution in [3.05, 3.63) is 47.5 Å². The Morgan fingerprint density at radius 3 is 2.74 bits per heavy atom. The molecule has 0 saturated carbocycles. The van der Waals surface area contributed by atoms with E-state index in [1.807, 2.05) is 31.2 Å². The first-order valence-electron chi connectivity index (χ1n) is 5.86. The van der Waals surface area contributed by atoms with Gasteiger partial charge >= 0.3 is 0 Å². The molecule has 2 aromatic rings. The molecule has 0 aliphatic carbocycles. The molecule has 0 aliphatic heterocycles. The number of nitrogen functional groups attached to an aromatic ring is 1. The molecule has 0 aliphatic rings. The van der Waals surface area contributed by atoms with E-state index in [1.165, 1.54) is 0 Å². The van der Waals surface area contributed by atoms with Crippen LogP contribution in [0.15, 0.2) is 36.4 Å². The molecule has 2 aromatic carbocycles. The average molecular weight is 253 g/mol. The van der Waals surface area contributed by atoms with E-state index in [4.69, 9.17) is 10.5 Å². The molecular formula is C15H15N3O. The zero-order chi connectivity index (χ0) is 13.8. The highest BCUT2D eigenvalue weighted by atomic mass is 16.5. The molecule has 96 valence electrons. The number of methoxy groups -OCH3 is 1. The Balaban J connectivity index is 2.48. The van der Waals surface area contributed by atoms with Crippen LogP contribution in [0, 0.1) is 18.3 Å². The van der Waals surface area contributed by atoms with E-state index in [-0.39, 0.29) is 0 Å². The van der Waals surface area contributed by atoms with Gasteiger partial charge in [0.2, 0.25) is 0 Å². The molecule has 2 rings (SSSR count). The zero-order valence-electron chi connectivity index (χ0n) is 10.9. The minimum absolute atomic E-state index is 0.529. The first-order valence-corrected chi connectivity index (χ1v) is 5.86. The third kappa shape index (κ3) is 2.61. The maximum atomic E-state index is 9.17. The van der Waals surface area contributed by atoms with E-state index in [9.17, 15) is 5.26 Å². The Kier molecular flexibility index (Phi) is 3.58. The summed E-state index contributed by atoms with van der Waals surface area (Å²) in [6, 6.07) is 13.1. The monoisotopic (exact) mass is 253 g/mol. The number of hydrogen-bond acceptors (Lipinski definition) is 4. The summed E-state index contributed by atoms with van der Waals surface area (Å²) in [6.07, 6.45) is 0. The molecule has 0 amide bonds. The second-order valence-electron chi connectivity index (χ2n) is 4.19. The van der Waals surface area contributed by atoms with Gasteiger partial charge < -0.3 is 15.8 Å². The van der Waals surface area contributed by atoms with Gasteiger partial charge in [0.15, 0.2) is 0 Å². The van der Waals surface area contributed by atoms with E-state index < -0.39 is 0 Å². The van der Waals surface area contributed by atoms with Gasteiger partial charge in [0.1, 0.15) is 11.8 Å². The quantitative estimate of drug-likeness (QED) is 0.824. The first-order chi connectivity index (χ1) is 9.15. The number of rotatable bonds is 3. The third-order valence-corrected chi connectivity index (χ3v) is 2.89. The van der Waals surface area contributed by atoms with Gasteiger partial charge in [-0.3, -0.25) is 0 Å². The maximum Gasteiger partial charge on any atom is 0.143 e. The summed E-state index contributed by atoms with van der Waals surface area (Å²) in [5, 5.41) is 12.4. The number of nitriles is 1. The van der Waals surface area contributed by atoms with E-state index >= 15 is 0 Å². The number of nitrogens with two attached hydrogens (primary N) is 1. The Morgan fingerprint density at radius 1 is 1.26 bits per heavy atom. The van der Waals surface area contributed by atoms with Crippen LogP contribution < -0.4 is 15.8 Å². The summed E-state index contributed by atoms with van der Waals surface area (Å²) in [7, 11) is 1.58. The van der Waals surface area contributed by atoms with E-state index in [2.05, 4.69) is 11.4 Å². The summed E-state index contributed by atoms with van der Waals surface area (Å²) in [6.45, 7) is 1.98. The average Bonchev–Trinajstić information content (AvgIpc) is 2.43. The first kappa shape index (κ1) is 12.8. The topological polar surface area (TPSA) is 71.1 Å². The van der Waals surface area contributed by atoms with Crippen molar-refractivity contribution < 1.29 is 4.74 Å². The summed E-state index contributed by atoms with van der Waals surface area (Å²) in [5.74, 6) is 0.626. The van der Waals surface area contributed by atoms with Crippen LogP contribution in [0.5, 0.6) is 5.75 Å². The number of aryl methyl sites for hydroxylation is 1. The zero-order valence-corrected chi connectivity index (χ0v) is 10.9. The lowest BCUT2D eigenvalue weighted by Gasteiger charge is -2.14.